The fourth-order valence-corrected chi connectivity index (χ4v) is 1.63. The van der Waals surface area contributed by atoms with E-state index in [1.807, 2.05) is 6.07 Å². The quantitative estimate of drug-likeness (QED) is 0.873. The van der Waals surface area contributed by atoms with E-state index in [4.69, 9.17) is 0 Å². The third-order valence-electron chi connectivity index (χ3n) is 2.15. The van der Waals surface area contributed by atoms with Crippen molar-refractivity contribution in [2.24, 2.45) is 0 Å². The van der Waals surface area contributed by atoms with Gasteiger partial charge in [-0.25, -0.2) is 13.8 Å². The van der Waals surface area contributed by atoms with Gasteiger partial charge in [0.1, 0.15) is 16.2 Å². The molecule has 2 rings (SSSR count). The van der Waals surface area contributed by atoms with Crippen LogP contribution in [0.3, 0.4) is 0 Å². The highest BCUT2D eigenvalue weighted by atomic mass is 79.9. The topological polar surface area (TPSA) is 24.9 Å². The number of nitrogens with one attached hydrogen (secondary N) is 1. The van der Waals surface area contributed by atoms with E-state index in [2.05, 4.69) is 26.2 Å². The number of halogens is 3. The average Bonchev–Trinajstić information content (AvgIpc) is 2.27. The fraction of sp³-hybridized carbons (Fsp3) is 0.0833. The summed E-state index contributed by atoms with van der Waals surface area (Å²) in [6, 6.07) is 7.05. The van der Waals surface area contributed by atoms with Crippen LogP contribution in [0.25, 0.3) is 0 Å². The third kappa shape index (κ3) is 3.49. The lowest BCUT2D eigenvalue weighted by Crippen LogP contribution is -2.00. The van der Waals surface area contributed by atoms with Crippen LogP contribution < -0.4 is 5.32 Å². The summed E-state index contributed by atoms with van der Waals surface area (Å²) in [5.41, 5.74) is 1.34. The van der Waals surface area contributed by atoms with Crippen LogP contribution in [-0.2, 0) is 6.54 Å². The Morgan fingerprint density at radius 1 is 1.12 bits per heavy atom. The van der Waals surface area contributed by atoms with Gasteiger partial charge in [-0.3, -0.25) is 0 Å². The molecule has 0 fully saturated rings. The minimum atomic E-state index is -0.573. The largest absolute Gasteiger partial charge is 0.380 e. The van der Waals surface area contributed by atoms with Crippen molar-refractivity contribution in [3.8, 4) is 0 Å². The van der Waals surface area contributed by atoms with Crippen molar-refractivity contribution >= 4 is 21.6 Å². The summed E-state index contributed by atoms with van der Waals surface area (Å²) in [5, 5.41) is 3.03. The van der Waals surface area contributed by atoms with Crippen LogP contribution in [0, 0.1) is 11.6 Å². The minimum Gasteiger partial charge on any atom is -0.380 e. The summed E-state index contributed by atoms with van der Waals surface area (Å²) in [6.07, 6.45) is 1.64. The van der Waals surface area contributed by atoms with Gasteiger partial charge in [-0.1, -0.05) is 0 Å². The number of hydrogen-bond donors (Lipinski definition) is 1. The van der Waals surface area contributed by atoms with E-state index in [-0.39, 0.29) is 0 Å². The Kier molecular flexibility index (Phi) is 3.68. The summed E-state index contributed by atoms with van der Waals surface area (Å²) in [7, 11) is 0. The molecule has 1 aromatic carbocycles. The van der Waals surface area contributed by atoms with E-state index in [0.717, 1.165) is 16.4 Å². The highest BCUT2D eigenvalue weighted by molar-refractivity contribution is 9.10. The SMILES string of the molecule is Fc1cc(F)cc(CNc2ccc(Br)nc2)c1. The number of nitrogens with zero attached hydrogens (tertiary/aromatic N) is 1. The highest BCUT2D eigenvalue weighted by Crippen LogP contribution is 2.13. The molecule has 1 aromatic heterocycles. The summed E-state index contributed by atoms with van der Waals surface area (Å²) in [6.45, 7) is 0.345. The number of rotatable bonds is 3. The zero-order valence-corrected chi connectivity index (χ0v) is 10.3. The van der Waals surface area contributed by atoms with Crippen LogP contribution in [0.4, 0.5) is 14.5 Å². The second-order valence-corrected chi connectivity index (χ2v) is 4.31. The first-order chi connectivity index (χ1) is 8.13. The molecule has 88 valence electrons. The molecule has 5 heteroatoms. The van der Waals surface area contributed by atoms with Crippen molar-refractivity contribution in [2.45, 2.75) is 6.54 Å². The van der Waals surface area contributed by atoms with Crippen molar-refractivity contribution in [3.63, 3.8) is 0 Å². The molecule has 1 heterocycles. The van der Waals surface area contributed by atoms with E-state index in [0.29, 0.717) is 12.1 Å². The molecule has 0 bridgehead atoms. The zero-order valence-electron chi connectivity index (χ0n) is 8.75. The molecule has 0 atom stereocenters. The van der Waals surface area contributed by atoms with Gasteiger partial charge in [0.2, 0.25) is 0 Å². The predicted octanol–water partition coefficient (Wildman–Crippen LogP) is 3.73. The molecule has 0 spiro atoms. The lowest BCUT2D eigenvalue weighted by atomic mass is 10.2. The molecule has 2 aromatic rings. The predicted molar refractivity (Wildman–Crippen MR) is 65.6 cm³/mol. The second kappa shape index (κ2) is 5.23. The monoisotopic (exact) mass is 298 g/mol. The molecule has 0 saturated heterocycles. The van der Waals surface area contributed by atoms with Crippen molar-refractivity contribution in [3.05, 3.63) is 58.3 Å². The first kappa shape index (κ1) is 12.0. The van der Waals surface area contributed by atoms with E-state index in [1.54, 1.807) is 12.3 Å². The van der Waals surface area contributed by atoms with Crippen molar-refractivity contribution < 1.29 is 8.78 Å². The first-order valence-corrected chi connectivity index (χ1v) is 5.73. The van der Waals surface area contributed by atoms with Crippen LogP contribution >= 0.6 is 15.9 Å². The summed E-state index contributed by atoms with van der Waals surface area (Å²) < 4.78 is 26.6. The van der Waals surface area contributed by atoms with Gasteiger partial charge >= 0.3 is 0 Å². The maximum atomic E-state index is 12.9. The second-order valence-electron chi connectivity index (χ2n) is 3.50. The number of aromatic nitrogens is 1. The number of anilines is 1. The van der Waals surface area contributed by atoms with Gasteiger partial charge in [-0.15, -0.1) is 0 Å². The smallest absolute Gasteiger partial charge is 0.126 e. The summed E-state index contributed by atoms with van der Waals surface area (Å²) in [4.78, 5) is 4.03. The van der Waals surface area contributed by atoms with Crippen LogP contribution in [0.15, 0.2) is 41.1 Å². The van der Waals surface area contributed by atoms with E-state index in [1.165, 1.54) is 12.1 Å². The molecular weight excluding hydrogens is 290 g/mol. The Hall–Kier alpha value is -1.49. The number of pyridine rings is 1. The minimum absolute atomic E-state index is 0.345. The molecule has 0 unspecified atom stereocenters. The van der Waals surface area contributed by atoms with Gasteiger partial charge in [0.05, 0.1) is 11.9 Å². The van der Waals surface area contributed by atoms with E-state index in [9.17, 15) is 8.78 Å². The van der Waals surface area contributed by atoms with Crippen LogP contribution in [0.2, 0.25) is 0 Å². The summed E-state index contributed by atoms with van der Waals surface area (Å²) >= 11 is 3.22. The molecule has 17 heavy (non-hydrogen) atoms. The Bertz CT molecular complexity index is 494. The maximum Gasteiger partial charge on any atom is 0.126 e. The van der Waals surface area contributed by atoms with Crippen molar-refractivity contribution in [2.75, 3.05) is 5.32 Å². The van der Waals surface area contributed by atoms with Gasteiger partial charge in [-0.2, -0.15) is 0 Å². The van der Waals surface area contributed by atoms with Crippen molar-refractivity contribution in [1.29, 1.82) is 0 Å². The molecule has 0 aliphatic rings. The lowest BCUT2D eigenvalue weighted by Gasteiger charge is -2.06. The third-order valence-corrected chi connectivity index (χ3v) is 2.62. The van der Waals surface area contributed by atoms with Crippen LogP contribution in [0.5, 0.6) is 0 Å². The van der Waals surface area contributed by atoms with Crippen LogP contribution in [0.1, 0.15) is 5.56 Å². The Morgan fingerprint density at radius 2 is 1.82 bits per heavy atom. The van der Waals surface area contributed by atoms with Gasteiger partial charge in [0, 0.05) is 12.6 Å². The lowest BCUT2D eigenvalue weighted by molar-refractivity contribution is 0.580. The molecule has 0 amide bonds. The maximum absolute atomic E-state index is 12.9. The van der Waals surface area contributed by atoms with E-state index < -0.39 is 11.6 Å². The standard InChI is InChI=1S/C12H9BrF2N2/c13-12-2-1-11(7-17-12)16-6-8-3-9(14)5-10(15)4-8/h1-5,7,16H,6H2. The molecule has 1 N–H and O–H groups in total. The Morgan fingerprint density at radius 3 is 2.41 bits per heavy atom. The Labute approximate surface area is 106 Å². The number of hydrogen-bond acceptors (Lipinski definition) is 2. The molecule has 0 aliphatic carbocycles. The van der Waals surface area contributed by atoms with Crippen molar-refractivity contribution in [1.82, 2.24) is 4.98 Å². The first-order valence-electron chi connectivity index (χ1n) is 4.94. The molecule has 0 aliphatic heterocycles. The average molecular weight is 299 g/mol. The zero-order chi connectivity index (χ0) is 12.3. The van der Waals surface area contributed by atoms with E-state index >= 15 is 0 Å². The number of benzene rings is 1. The molecule has 0 radical (unpaired) electrons. The Balaban J connectivity index is 2.04. The molecular formula is C12H9BrF2N2. The molecule has 2 nitrogen and oxygen atoms in total. The normalized spacial score (nSPS) is 10.3. The fourth-order valence-electron chi connectivity index (χ4n) is 1.40. The molecule has 0 saturated carbocycles. The summed E-state index contributed by atoms with van der Waals surface area (Å²) in [5.74, 6) is -1.15. The van der Waals surface area contributed by atoms with Gasteiger partial charge in [0.25, 0.3) is 0 Å². The highest BCUT2D eigenvalue weighted by Gasteiger charge is 2.00. The van der Waals surface area contributed by atoms with Crippen LogP contribution in [-0.4, -0.2) is 4.98 Å². The van der Waals surface area contributed by atoms with Gasteiger partial charge in [0.15, 0.2) is 0 Å². The van der Waals surface area contributed by atoms with Gasteiger partial charge < -0.3 is 5.32 Å². The van der Waals surface area contributed by atoms with Gasteiger partial charge in [-0.05, 0) is 45.8 Å².